The highest BCUT2D eigenvalue weighted by Gasteiger charge is 2.02. The number of ether oxygens (including phenoxy) is 1. The maximum absolute atomic E-state index is 11.5. The molecule has 3 N–H and O–H groups in total. The van der Waals surface area contributed by atoms with E-state index in [2.05, 4.69) is 20.9 Å². The molecule has 22 heavy (non-hydrogen) atoms. The summed E-state index contributed by atoms with van der Waals surface area (Å²) in [7, 11) is 1.67. The van der Waals surface area contributed by atoms with E-state index >= 15 is 0 Å². The van der Waals surface area contributed by atoms with Crippen LogP contribution >= 0.6 is 0 Å². The lowest BCUT2D eigenvalue weighted by Gasteiger charge is -2.12. The van der Waals surface area contributed by atoms with Gasteiger partial charge in [-0.25, -0.2) is 0 Å². The zero-order valence-corrected chi connectivity index (χ0v) is 13.6. The van der Waals surface area contributed by atoms with Crippen LogP contribution < -0.4 is 20.7 Å². The van der Waals surface area contributed by atoms with Gasteiger partial charge in [0.05, 0.1) is 13.1 Å². The number of nitrogens with one attached hydrogen (secondary N) is 3. The zero-order valence-electron chi connectivity index (χ0n) is 13.6. The van der Waals surface area contributed by atoms with Gasteiger partial charge < -0.3 is 20.7 Å². The van der Waals surface area contributed by atoms with Crippen molar-refractivity contribution < 1.29 is 9.53 Å². The number of carbonyl (C=O) groups excluding carboxylic acids is 1. The molecule has 0 unspecified atom stereocenters. The first-order chi connectivity index (χ1) is 10.7. The molecule has 0 radical (unpaired) electrons. The van der Waals surface area contributed by atoms with Gasteiger partial charge in [-0.1, -0.05) is 24.6 Å². The Morgan fingerprint density at radius 2 is 1.86 bits per heavy atom. The Morgan fingerprint density at radius 3 is 2.50 bits per heavy atom. The molecule has 1 aromatic rings. The first kappa shape index (κ1) is 17.8. The van der Waals surface area contributed by atoms with Crippen LogP contribution in [0.15, 0.2) is 29.3 Å². The van der Waals surface area contributed by atoms with Crippen LogP contribution in [-0.2, 0) is 4.79 Å². The van der Waals surface area contributed by atoms with Gasteiger partial charge in [0.25, 0.3) is 0 Å². The van der Waals surface area contributed by atoms with Crippen molar-refractivity contribution in [1.82, 2.24) is 16.0 Å². The number of amides is 1. The molecule has 0 saturated carbocycles. The molecule has 0 aliphatic rings. The molecule has 1 amide bonds. The van der Waals surface area contributed by atoms with Gasteiger partial charge in [-0.05, 0) is 25.5 Å². The summed E-state index contributed by atoms with van der Waals surface area (Å²) >= 11 is 0. The summed E-state index contributed by atoms with van der Waals surface area (Å²) < 4.78 is 5.61. The maximum atomic E-state index is 11.5. The van der Waals surface area contributed by atoms with Crippen molar-refractivity contribution in [3.05, 3.63) is 29.8 Å². The molecule has 0 spiro atoms. The van der Waals surface area contributed by atoms with E-state index in [-0.39, 0.29) is 12.5 Å². The Bertz CT molecular complexity index is 472. The lowest BCUT2D eigenvalue weighted by molar-refractivity contribution is -0.120. The zero-order chi connectivity index (χ0) is 16.2. The molecular formula is C16H26N4O2. The average molecular weight is 306 g/mol. The van der Waals surface area contributed by atoms with E-state index in [4.69, 9.17) is 4.74 Å². The normalized spacial score (nSPS) is 11.0. The van der Waals surface area contributed by atoms with E-state index < -0.39 is 0 Å². The fourth-order valence-electron chi connectivity index (χ4n) is 1.68. The lowest BCUT2D eigenvalue weighted by Crippen LogP contribution is -2.44. The molecule has 0 aliphatic heterocycles. The second-order valence-corrected chi connectivity index (χ2v) is 4.86. The molecule has 0 heterocycles. The molecule has 0 aliphatic carbocycles. The van der Waals surface area contributed by atoms with Gasteiger partial charge in [0, 0.05) is 13.6 Å². The first-order valence-electron chi connectivity index (χ1n) is 7.56. The standard InChI is InChI=1S/C16H26N4O2/c1-4-9-18-15(21)12-20-16(17-3)19-10-11-22-14-7-5-13(2)6-8-14/h5-8H,4,9-12H2,1-3H3,(H,18,21)(H2,17,19,20). The van der Waals surface area contributed by atoms with Gasteiger partial charge in [-0.3, -0.25) is 9.79 Å². The van der Waals surface area contributed by atoms with Crippen LogP contribution in [0, 0.1) is 6.92 Å². The Labute approximate surface area is 132 Å². The number of guanidine groups is 1. The Morgan fingerprint density at radius 1 is 1.14 bits per heavy atom. The first-order valence-corrected chi connectivity index (χ1v) is 7.56. The number of hydrogen-bond acceptors (Lipinski definition) is 3. The number of rotatable bonds is 8. The fraction of sp³-hybridized carbons (Fsp3) is 0.500. The number of nitrogens with zero attached hydrogens (tertiary/aromatic N) is 1. The molecular weight excluding hydrogens is 280 g/mol. The van der Waals surface area contributed by atoms with Crippen molar-refractivity contribution in [2.45, 2.75) is 20.3 Å². The largest absolute Gasteiger partial charge is 0.492 e. The Balaban J connectivity index is 2.18. The molecule has 1 rings (SSSR count). The lowest BCUT2D eigenvalue weighted by atomic mass is 10.2. The summed E-state index contributed by atoms with van der Waals surface area (Å²) in [5, 5.41) is 8.85. The minimum absolute atomic E-state index is 0.0410. The van der Waals surface area contributed by atoms with E-state index in [1.807, 2.05) is 38.1 Å². The topological polar surface area (TPSA) is 74.8 Å². The molecule has 1 aromatic carbocycles. The summed E-state index contributed by atoms with van der Waals surface area (Å²) in [5.74, 6) is 1.38. The number of carbonyl (C=O) groups is 1. The van der Waals surface area contributed by atoms with Crippen LogP contribution in [0.3, 0.4) is 0 Å². The molecule has 0 saturated heterocycles. The highest BCUT2D eigenvalue weighted by atomic mass is 16.5. The van der Waals surface area contributed by atoms with Crippen LogP contribution in [0.5, 0.6) is 5.75 Å². The summed E-state index contributed by atoms with van der Waals surface area (Å²) in [6.07, 6.45) is 0.926. The van der Waals surface area contributed by atoms with Gasteiger partial charge in [0.15, 0.2) is 5.96 Å². The molecule has 6 heteroatoms. The van der Waals surface area contributed by atoms with Gasteiger partial charge in [0.1, 0.15) is 12.4 Å². The van der Waals surface area contributed by atoms with Gasteiger partial charge in [0.2, 0.25) is 5.91 Å². The second-order valence-electron chi connectivity index (χ2n) is 4.86. The van der Waals surface area contributed by atoms with E-state index in [0.717, 1.165) is 12.2 Å². The second kappa shape index (κ2) is 10.5. The number of aliphatic imine (C=N–C) groups is 1. The van der Waals surface area contributed by atoms with Crippen LogP contribution in [0.25, 0.3) is 0 Å². The van der Waals surface area contributed by atoms with E-state index in [1.54, 1.807) is 7.05 Å². The number of benzene rings is 1. The minimum Gasteiger partial charge on any atom is -0.492 e. The predicted octanol–water partition coefficient (Wildman–Crippen LogP) is 1.07. The smallest absolute Gasteiger partial charge is 0.239 e. The highest BCUT2D eigenvalue weighted by Crippen LogP contribution is 2.10. The number of hydrogen-bond donors (Lipinski definition) is 3. The van der Waals surface area contributed by atoms with Gasteiger partial charge in [-0.2, -0.15) is 0 Å². The van der Waals surface area contributed by atoms with Gasteiger partial charge >= 0.3 is 0 Å². The third-order valence-corrected chi connectivity index (χ3v) is 2.90. The Hall–Kier alpha value is -2.24. The van der Waals surface area contributed by atoms with Crippen molar-refractivity contribution in [1.29, 1.82) is 0 Å². The molecule has 0 fully saturated rings. The van der Waals surface area contributed by atoms with Crippen LogP contribution in [0.1, 0.15) is 18.9 Å². The number of aryl methyl sites for hydroxylation is 1. The minimum atomic E-state index is -0.0410. The van der Waals surface area contributed by atoms with Crippen LogP contribution in [0.2, 0.25) is 0 Å². The molecule has 0 bridgehead atoms. The molecule has 122 valence electrons. The van der Waals surface area contributed by atoms with Crippen molar-refractivity contribution in [3.8, 4) is 5.75 Å². The van der Waals surface area contributed by atoms with E-state index in [0.29, 0.717) is 25.7 Å². The summed E-state index contributed by atoms with van der Waals surface area (Å²) in [6, 6.07) is 7.91. The molecule has 0 atom stereocenters. The van der Waals surface area contributed by atoms with Crippen molar-refractivity contribution in [2.75, 3.05) is 33.3 Å². The van der Waals surface area contributed by atoms with Crippen LogP contribution in [0.4, 0.5) is 0 Å². The van der Waals surface area contributed by atoms with Crippen molar-refractivity contribution in [3.63, 3.8) is 0 Å². The monoisotopic (exact) mass is 306 g/mol. The van der Waals surface area contributed by atoms with E-state index in [9.17, 15) is 4.79 Å². The SMILES string of the molecule is CCCNC(=O)CNC(=NC)NCCOc1ccc(C)cc1. The highest BCUT2D eigenvalue weighted by molar-refractivity contribution is 5.86. The predicted molar refractivity (Wildman–Crippen MR) is 89.3 cm³/mol. The van der Waals surface area contributed by atoms with Crippen molar-refractivity contribution in [2.24, 2.45) is 4.99 Å². The molecule has 6 nitrogen and oxygen atoms in total. The third kappa shape index (κ3) is 7.52. The average Bonchev–Trinajstić information content (AvgIpc) is 2.53. The Kier molecular flexibility index (Phi) is 8.49. The van der Waals surface area contributed by atoms with E-state index in [1.165, 1.54) is 5.56 Å². The quantitative estimate of drug-likeness (QED) is 0.381. The summed E-state index contributed by atoms with van der Waals surface area (Å²) in [5.41, 5.74) is 1.21. The summed E-state index contributed by atoms with van der Waals surface area (Å²) in [4.78, 5) is 15.5. The summed E-state index contributed by atoms with van der Waals surface area (Å²) in [6.45, 7) is 6.07. The fourth-order valence-corrected chi connectivity index (χ4v) is 1.68. The van der Waals surface area contributed by atoms with Gasteiger partial charge in [-0.15, -0.1) is 0 Å². The third-order valence-electron chi connectivity index (χ3n) is 2.90. The van der Waals surface area contributed by atoms with Crippen LogP contribution in [-0.4, -0.2) is 45.2 Å². The van der Waals surface area contributed by atoms with Crippen molar-refractivity contribution >= 4 is 11.9 Å². The molecule has 0 aromatic heterocycles. The maximum Gasteiger partial charge on any atom is 0.239 e.